The summed E-state index contributed by atoms with van der Waals surface area (Å²) in [4.78, 5) is 4.56. The topological polar surface area (TPSA) is 37.1 Å². The molecule has 0 saturated heterocycles. The highest BCUT2D eigenvalue weighted by Gasteiger charge is 2.28. The largest absolute Gasteiger partial charge is 0.261 e. The molecular weight excluding hydrogens is 206 g/mol. The molecule has 3 nitrogen and oxygen atoms in total. The number of nitrogens with zero attached hydrogens (tertiary/aromatic N) is 3. The van der Waals surface area contributed by atoms with E-state index < -0.39 is 0 Å². The second-order valence-electron chi connectivity index (χ2n) is 3.55. The fraction of sp³-hybridized carbons (Fsp3) is 0.182. The van der Waals surface area contributed by atoms with Gasteiger partial charge in [0.05, 0.1) is 6.21 Å². The summed E-state index contributed by atoms with van der Waals surface area (Å²) in [5.41, 5.74) is 2.42. The normalized spacial score (nSPS) is 22.6. The Morgan fingerprint density at radius 3 is 3.07 bits per heavy atom. The van der Waals surface area contributed by atoms with Crippen molar-refractivity contribution in [3.05, 3.63) is 35.4 Å². The van der Waals surface area contributed by atoms with Crippen molar-refractivity contribution in [3.8, 4) is 0 Å². The number of hydrogen-bond acceptors (Lipinski definition) is 4. The number of rotatable bonds is 1. The van der Waals surface area contributed by atoms with Crippen LogP contribution in [0.5, 0.6) is 0 Å². The van der Waals surface area contributed by atoms with E-state index in [1.54, 1.807) is 18.0 Å². The molecule has 0 unspecified atom stereocenters. The summed E-state index contributed by atoms with van der Waals surface area (Å²) in [6.07, 6.45) is 1.78. The highest BCUT2D eigenvalue weighted by atomic mass is 32.2. The van der Waals surface area contributed by atoms with E-state index in [1.165, 1.54) is 11.1 Å². The first-order chi connectivity index (χ1) is 7.33. The summed E-state index contributed by atoms with van der Waals surface area (Å²) < 4.78 is 0. The van der Waals surface area contributed by atoms with Gasteiger partial charge in [0.25, 0.3) is 0 Å². The van der Waals surface area contributed by atoms with Crippen LogP contribution in [-0.2, 0) is 0 Å². The van der Waals surface area contributed by atoms with Crippen LogP contribution in [0.4, 0.5) is 0 Å². The summed E-state index contributed by atoms with van der Waals surface area (Å²) in [7, 11) is 0. The quantitative estimate of drug-likeness (QED) is 0.708. The van der Waals surface area contributed by atoms with Crippen LogP contribution in [0.3, 0.4) is 0 Å². The average Bonchev–Trinajstić information content (AvgIpc) is 2.76. The van der Waals surface area contributed by atoms with Crippen molar-refractivity contribution in [2.24, 2.45) is 15.2 Å². The summed E-state index contributed by atoms with van der Waals surface area (Å²) in [5.74, 6) is 0. The fourth-order valence-corrected chi connectivity index (χ4v) is 2.54. The predicted molar refractivity (Wildman–Crippen MR) is 65.0 cm³/mol. The highest BCUT2D eigenvalue weighted by molar-refractivity contribution is 8.27. The summed E-state index contributed by atoms with van der Waals surface area (Å²) >= 11 is 1.62. The second kappa shape index (κ2) is 3.31. The molecule has 0 radical (unpaired) electrons. The molecule has 0 saturated carbocycles. The molecule has 2 heterocycles. The van der Waals surface area contributed by atoms with Gasteiger partial charge >= 0.3 is 0 Å². The Morgan fingerprint density at radius 1 is 1.33 bits per heavy atom. The van der Waals surface area contributed by atoms with E-state index in [0.29, 0.717) is 0 Å². The molecule has 3 rings (SSSR count). The molecule has 0 aliphatic carbocycles. The van der Waals surface area contributed by atoms with Crippen LogP contribution in [0.25, 0.3) is 0 Å². The maximum Gasteiger partial charge on any atom is 0.138 e. The van der Waals surface area contributed by atoms with Crippen LogP contribution >= 0.6 is 11.8 Å². The molecule has 15 heavy (non-hydrogen) atoms. The lowest BCUT2D eigenvalue weighted by Gasteiger charge is -1.99. The van der Waals surface area contributed by atoms with E-state index in [2.05, 4.69) is 46.4 Å². The first-order valence-electron chi connectivity index (χ1n) is 4.77. The van der Waals surface area contributed by atoms with Crippen molar-refractivity contribution in [1.82, 2.24) is 0 Å². The maximum atomic E-state index is 4.56. The molecule has 0 spiro atoms. The number of benzene rings is 1. The zero-order chi connectivity index (χ0) is 10.3. The minimum absolute atomic E-state index is 0.0745. The first-order valence-corrected chi connectivity index (χ1v) is 5.58. The molecule has 1 aromatic rings. The Labute approximate surface area is 92.0 Å². The Morgan fingerprint density at radius 2 is 2.27 bits per heavy atom. The van der Waals surface area contributed by atoms with Gasteiger partial charge in [0.15, 0.2) is 0 Å². The number of aryl methyl sites for hydroxylation is 1. The van der Waals surface area contributed by atoms with Gasteiger partial charge in [-0.05, 0) is 24.8 Å². The molecule has 4 heteroatoms. The fourth-order valence-electron chi connectivity index (χ4n) is 1.61. The van der Waals surface area contributed by atoms with Crippen LogP contribution in [0.2, 0.25) is 0 Å². The third kappa shape index (κ3) is 1.51. The second-order valence-corrected chi connectivity index (χ2v) is 4.56. The molecule has 2 aliphatic rings. The van der Waals surface area contributed by atoms with Gasteiger partial charge < -0.3 is 0 Å². The summed E-state index contributed by atoms with van der Waals surface area (Å²) in [6.45, 7) is 2.09. The van der Waals surface area contributed by atoms with E-state index >= 15 is 0 Å². The van der Waals surface area contributed by atoms with Gasteiger partial charge in [0, 0.05) is 5.56 Å². The lowest BCUT2D eigenvalue weighted by molar-refractivity contribution is 1.22. The molecule has 74 valence electrons. The highest BCUT2D eigenvalue weighted by Crippen LogP contribution is 2.28. The first kappa shape index (κ1) is 8.85. The average molecular weight is 215 g/mol. The Balaban J connectivity index is 1.97. The maximum absolute atomic E-state index is 4.56. The molecule has 0 aromatic heterocycles. The molecule has 1 aromatic carbocycles. The minimum Gasteiger partial charge on any atom is -0.261 e. The van der Waals surface area contributed by atoms with Crippen molar-refractivity contribution in [2.45, 2.75) is 13.0 Å². The summed E-state index contributed by atoms with van der Waals surface area (Å²) in [6, 6.07) is 8.44. The zero-order valence-corrected chi connectivity index (χ0v) is 9.03. The Bertz CT molecular complexity index is 502. The van der Waals surface area contributed by atoms with Crippen LogP contribution < -0.4 is 0 Å². The van der Waals surface area contributed by atoms with E-state index in [-0.39, 0.29) is 6.04 Å². The molecule has 2 aliphatic heterocycles. The van der Waals surface area contributed by atoms with E-state index in [0.717, 1.165) is 10.1 Å². The van der Waals surface area contributed by atoms with Crippen LogP contribution in [0.1, 0.15) is 11.1 Å². The van der Waals surface area contributed by atoms with Crippen molar-refractivity contribution in [3.63, 3.8) is 0 Å². The summed E-state index contributed by atoms with van der Waals surface area (Å²) in [5, 5.41) is 9.92. The van der Waals surface area contributed by atoms with Crippen molar-refractivity contribution < 1.29 is 0 Å². The molecule has 0 N–H and O–H groups in total. The van der Waals surface area contributed by atoms with Gasteiger partial charge in [-0.2, -0.15) is 5.10 Å². The SMILES string of the molecule is Cc1cccc(C2=N[C@H]3C=NN=C3S2)c1. The van der Waals surface area contributed by atoms with Gasteiger partial charge in [0.1, 0.15) is 16.1 Å². The van der Waals surface area contributed by atoms with Gasteiger partial charge in [-0.25, -0.2) is 0 Å². The van der Waals surface area contributed by atoms with Crippen molar-refractivity contribution in [1.29, 1.82) is 0 Å². The van der Waals surface area contributed by atoms with Gasteiger partial charge in [0.2, 0.25) is 0 Å². The number of thioether (sulfide) groups is 1. The van der Waals surface area contributed by atoms with E-state index in [9.17, 15) is 0 Å². The zero-order valence-electron chi connectivity index (χ0n) is 8.21. The number of aliphatic imine (C=N–C) groups is 1. The van der Waals surface area contributed by atoms with E-state index in [1.807, 2.05) is 0 Å². The Hall–Kier alpha value is -1.42. The molecule has 1 atom stereocenters. The molecule has 0 fully saturated rings. The Kier molecular flexibility index (Phi) is 1.95. The molecule has 0 amide bonds. The smallest absolute Gasteiger partial charge is 0.138 e. The number of hydrogen-bond donors (Lipinski definition) is 0. The van der Waals surface area contributed by atoms with Gasteiger partial charge in [-0.3, -0.25) is 4.99 Å². The lowest BCUT2D eigenvalue weighted by Crippen LogP contribution is -2.06. The molecule has 0 bridgehead atoms. The van der Waals surface area contributed by atoms with Crippen molar-refractivity contribution in [2.75, 3.05) is 0 Å². The lowest BCUT2D eigenvalue weighted by atomic mass is 10.1. The van der Waals surface area contributed by atoms with Crippen LogP contribution in [0.15, 0.2) is 39.5 Å². The minimum atomic E-state index is 0.0745. The molecular formula is C11H9N3S. The van der Waals surface area contributed by atoms with Crippen LogP contribution in [-0.4, -0.2) is 22.3 Å². The standard InChI is InChI=1S/C11H9N3S/c1-7-3-2-4-8(5-7)10-13-9-6-12-14-11(9)15-10/h2-6,9H,1H3/t9-/m0/s1. The number of fused-ring (bicyclic) bond motifs is 1. The van der Waals surface area contributed by atoms with E-state index in [4.69, 9.17) is 0 Å². The third-order valence-electron chi connectivity index (χ3n) is 2.34. The van der Waals surface area contributed by atoms with Crippen LogP contribution in [0, 0.1) is 6.92 Å². The van der Waals surface area contributed by atoms with Gasteiger partial charge in [-0.15, -0.1) is 5.10 Å². The predicted octanol–water partition coefficient (Wildman–Crippen LogP) is 2.25. The van der Waals surface area contributed by atoms with Gasteiger partial charge in [-0.1, -0.05) is 23.8 Å². The monoisotopic (exact) mass is 215 g/mol. The third-order valence-corrected chi connectivity index (χ3v) is 3.41. The van der Waals surface area contributed by atoms with Crippen molar-refractivity contribution >= 4 is 28.1 Å².